The van der Waals surface area contributed by atoms with Gasteiger partial charge in [-0.15, -0.1) is 0 Å². The number of hydrogen-bond acceptors (Lipinski definition) is 5. The Labute approximate surface area is 168 Å². The molecule has 0 radical (unpaired) electrons. The van der Waals surface area contributed by atoms with E-state index in [9.17, 15) is 0 Å². The van der Waals surface area contributed by atoms with E-state index in [-0.39, 0.29) is 0 Å². The summed E-state index contributed by atoms with van der Waals surface area (Å²) >= 11 is 0. The summed E-state index contributed by atoms with van der Waals surface area (Å²) in [4.78, 5) is 11.2. The minimum absolute atomic E-state index is 0.581. The molecule has 2 aliphatic rings. The summed E-state index contributed by atoms with van der Waals surface area (Å²) in [5.41, 5.74) is 1.22. The molecule has 0 saturated carbocycles. The average Bonchev–Trinajstić information content (AvgIpc) is 3.27. The number of pyridine rings is 1. The van der Waals surface area contributed by atoms with E-state index in [1.165, 1.54) is 24.8 Å². The molecule has 3 heterocycles. The predicted molar refractivity (Wildman–Crippen MR) is 113 cm³/mol. The van der Waals surface area contributed by atoms with E-state index in [0.717, 1.165) is 77.2 Å². The molecule has 2 saturated heterocycles. The molecule has 28 heavy (non-hydrogen) atoms. The van der Waals surface area contributed by atoms with Crippen LogP contribution in [0.2, 0.25) is 0 Å². The molecular formula is C21H35N5O2. The van der Waals surface area contributed by atoms with Crippen molar-refractivity contribution in [1.29, 1.82) is 0 Å². The molecule has 1 unspecified atom stereocenters. The highest BCUT2D eigenvalue weighted by atomic mass is 16.5. The molecule has 2 aliphatic heterocycles. The van der Waals surface area contributed by atoms with Gasteiger partial charge >= 0.3 is 0 Å². The maximum atomic E-state index is 5.74. The number of hydrogen-bond donors (Lipinski definition) is 2. The van der Waals surface area contributed by atoms with Gasteiger partial charge in [-0.05, 0) is 49.8 Å². The van der Waals surface area contributed by atoms with E-state index in [1.54, 1.807) is 7.05 Å². The molecule has 2 N–H and O–H groups in total. The van der Waals surface area contributed by atoms with E-state index < -0.39 is 0 Å². The van der Waals surface area contributed by atoms with Gasteiger partial charge in [-0.3, -0.25) is 4.99 Å². The molecular weight excluding hydrogens is 354 g/mol. The molecule has 0 spiro atoms. The minimum Gasteiger partial charge on any atom is -0.381 e. The van der Waals surface area contributed by atoms with Crippen molar-refractivity contribution in [3.05, 3.63) is 23.9 Å². The maximum absolute atomic E-state index is 5.74. The molecule has 3 rings (SSSR count). The largest absolute Gasteiger partial charge is 0.381 e. The van der Waals surface area contributed by atoms with Gasteiger partial charge in [0.1, 0.15) is 5.82 Å². The topological polar surface area (TPSA) is 71.0 Å². The third-order valence-electron chi connectivity index (χ3n) is 5.31. The summed E-state index contributed by atoms with van der Waals surface area (Å²) in [6, 6.07) is 4.25. The first kappa shape index (κ1) is 20.9. The molecule has 156 valence electrons. The van der Waals surface area contributed by atoms with Gasteiger partial charge in [0.2, 0.25) is 0 Å². The van der Waals surface area contributed by atoms with Crippen LogP contribution in [0.3, 0.4) is 0 Å². The molecule has 7 heteroatoms. The van der Waals surface area contributed by atoms with E-state index >= 15 is 0 Å². The summed E-state index contributed by atoms with van der Waals surface area (Å²) < 4.78 is 11.1. The second kappa shape index (κ2) is 11.9. The number of aliphatic imine (C=N–C) groups is 1. The fraction of sp³-hybridized carbons (Fsp3) is 0.714. The highest BCUT2D eigenvalue weighted by Gasteiger charge is 2.15. The second-order valence-corrected chi connectivity index (χ2v) is 7.58. The lowest BCUT2D eigenvalue weighted by Crippen LogP contribution is -2.37. The van der Waals surface area contributed by atoms with Crippen LogP contribution >= 0.6 is 0 Å². The van der Waals surface area contributed by atoms with Crippen LogP contribution in [-0.4, -0.2) is 64.1 Å². The SMILES string of the molecule is CN=C(NCCCOCC1CCOC1)NCc1ccnc(N2CCCCC2)c1. The van der Waals surface area contributed by atoms with Crippen molar-refractivity contribution in [1.82, 2.24) is 15.6 Å². The Kier molecular flexibility index (Phi) is 8.84. The first-order valence-corrected chi connectivity index (χ1v) is 10.6. The zero-order valence-corrected chi connectivity index (χ0v) is 17.2. The van der Waals surface area contributed by atoms with Gasteiger partial charge in [0.05, 0.1) is 13.2 Å². The van der Waals surface area contributed by atoms with Gasteiger partial charge in [-0.1, -0.05) is 0 Å². The van der Waals surface area contributed by atoms with Crippen LogP contribution in [0.25, 0.3) is 0 Å². The predicted octanol–water partition coefficient (Wildman–Crippen LogP) is 2.18. The lowest BCUT2D eigenvalue weighted by molar-refractivity contribution is 0.0888. The van der Waals surface area contributed by atoms with Crippen molar-refractivity contribution in [2.45, 2.75) is 38.6 Å². The van der Waals surface area contributed by atoms with Gasteiger partial charge in [0.25, 0.3) is 0 Å². The van der Waals surface area contributed by atoms with E-state index in [2.05, 4.69) is 37.6 Å². The average molecular weight is 390 g/mol. The van der Waals surface area contributed by atoms with Crippen molar-refractivity contribution >= 4 is 11.8 Å². The minimum atomic E-state index is 0.581. The first-order chi connectivity index (χ1) is 13.8. The number of rotatable bonds is 9. The van der Waals surface area contributed by atoms with Crippen molar-refractivity contribution in [3.8, 4) is 0 Å². The molecule has 0 aromatic carbocycles. The molecule has 1 aromatic heterocycles. The quantitative estimate of drug-likeness (QED) is 0.383. The number of nitrogens with zero attached hydrogens (tertiary/aromatic N) is 3. The number of aromatic nitrogens is 1. The molecule has 1 atom stereocenters. The summed E-state index contributed by atoms with van der Waals surface area (Å²) in [6.07, 6.45) is 7.85. The number of anilines is 1. The zero-order valence-electron chi connectivity index (χ0n) is 17.2. The Hall–Kier alpha value is -1.86. The van der Waals surface area contributed by atoms with Crippen molar-refractivity contribution in [2.75, 3.05) is 58.0 Å². The van der Waals surface area contributed by atoms with Crippen LogP contribution in [0.5, 0.6) is 0 Å². The second-order valence-electron chi connectivity index (χ2n) is 7.58. The smallest absolute Gasteiger partial charge is 0.191 e. The number of ether oxygens (including phenoxy) is 2. The van der Waals surface area contributed by atoms with E-state index in [0.29, 0.717) is 5.92 Å². The lowest BCUT2D eigenvalue weighted by Gasteiger charge is -2.28. The Balaban J connectivity index is 1.32. The number of nitrogens with one attached hydrogen (secondary N) is 2. The third-order valence-corrected chi connectivity index (χ3v) is 5.31. The van der Waals surface area contributed by atoms with Crippen LogP contribution in [0, 0.1) is 5.92 Å². The fourth-order valence-corrected chi connectivity index (χ4v) is 3.62. The summed E-state index contributed by atoms with van der Waals surface area (Å²) in [5.74, 6) is 2.49. The fourth-order valence-electron chi connectivity index (χ4n) is 3.62. The van der Waals surface area contributed by atoms with Crippen molar-refractivity contribution < 1.29 is 9.47 Å². The molecule has 0 bridgehead atoms. The van der Waals surface area contributed by atoms with Gasteiger partial charge in [0.15, 0.2) is 5.96 Å². The van der Waals surface area contributed by atoms with Gasteiger partial charge in [-0.25, -0.2) is 4.98 Å². The molecule has 7 nitrogen and oxygen atoms in total. The Morgan fingerprint density at radius 1 is 1.32 bits per heavy atom. The Bertz CT molecular complexity index is 598. The van der Waals surface area contributed by atoms with Gasteiger partial charge in [0, 0.05) is 58.6 Å². The van der Waals surface area contributed by atoms with Gasteiger partial charge < -0.3 is 25.0 Å². The van der Waals surface area contributed by atoms with Crippen LogP contribution in [0.4, 0.5) is 5.82 Å². The van der Waals surface area contributed by atoms with E-state index in [4.69, 9.17) is 9.47 Å². The molecule has 0 aliphatic carbocycles. The zero-order chi connectivity index (χ0) is 19.4. The summed E-state index contributed by atoms with van der Waals surface area (Å²) in [6.45, 7) is 7.12. The molecule has 2 fully saturated rings. The maximum Gasteiger partial charge on any atom is 0.191 e. The molecule has 0 amide bonds. The third kappa shape index (κ3) is 6.95. The highest BCUT2D eigenvalue weighted by Crippen LogP contribution is 2.18. The van der Waals surface area contributed by atoms with Crippen LogP contribution in [0.15, 0.2) is 23.3 Å². The monoisotopic (exact) mass is 389 g/mol. The van der Waals surface area contributed by atoms with Crippen molar-refractivity contribution in [2.24, 2.45) is 10.9 Å². The van der Waals surface area contributed by atoms with Crippen LogP contribution in [0.1, 0.15) is 37.7 Å². The first-order valence-electron chi connectivity index (χ1n) is 10.6. The van der Waals surface area contributed by atoms with Crippen molar-refractivity contribution in [3.63, 3.8) is 0 Å². The molecule has 1 aromatic rings. The summed E-state index contributed by atoms with van der Waals surface area (Å²) in [5, 5.41) is 6.74. The Morgan fingerprint density at radius 2 is 2.21 bits per heavy atom. The number of guanidine groups is 1. The highest BCUT2D eigenvalue weighted by molar-refractivity contribution is 5.79. The standard InChI is InChI=1S/C21H35N5O2/c1-22-21(24-8-5-12-27-16-19-7-13-28-17-19)25-15-18-6-9-23-20(14-18)26-10-3-2-4-11-26/h6,9,14,19H,2-5,7-8,10-13,15-17H2,1H3,(H2,22,24,25). The normalized spacial score (nSPS) is 20.4. The van der Waals surface area contributed by atoms with Gasteiger partial charge in [-0.2, -0.15) is 0 Å². The van der Waals surface area contributed by atoms with E-state index in [1.807, 2.05) is 6.20 Å². The van der Waals surface area contributed by atoms with Crippen LogP contribution < -0.4 is 15.5 Å². The van der Waals surface area contributed by atoms with Crippen LogP contribution in [-0.2, 0) is 16.0 Å². The Morgan fingerprint density at radius 3 is 3.00 bits per heavy atom. The summed E-state index contributed by atoms with van der Waals surface area (Å²) in [7, 11) is 1.80. The lowest BCUT2D eigenvalue weighted by atomic mass is 10.1. The number of piperidine rings is 1.